The van der Waals surface area contributed by atoms with Crippen molar-refractivity contribution in [2.24, 2.45) is 0 Å². The smallest absolute Gasteiger partial charge is 0.113 e. The molecule has 0 aliphatic carbocycles. The zero-order chi connectivity index (χ0) is 11.8. The van der Waals surface area contributed by atoms with Crippen molar-refractivity contribution < 1.29 is 4.42 Å². The molecular weight excluding hydrogens is 250 g/mol. The maximum Gasteiger partial charge on any atom is 0.113 e. The van der Waals surface area contributed by atoms with Crippen LogP contribution in [0.25, 0.3) is 0 Å². The van der Waals surface area contributed by atoms with Gasteiger partial charge in [0.05, 0.1) is 12.0 Å². The Balaban J connectivity index is 1.44. The summed E-state index contributed by atoms with van der Waals surface area (Å²) in [4.78, 5) is 1.46. The van der Waals surface area contributed by atoms with E-state index in [1.54, 1.807) is 6.26 Å². The first-order chi connectivity index (χ1) is 8.45. The fourth-order valence-corrected chi connectivity index (χ4v) is 3.01. The first kappa shape index (κ1) is 12.7. The topological polar surface area (TPSA) is 25.2 Å². The predicted molar refractivity (Wildman–Crippen MR) is 75.8 cm³/mol. The molecule has 2 nitrogen and oxygen atoms in total. The maximum atomic E-state index is 5.27. The first-order valence-corrected chi connectivity index (χ1v) is 7.82. The van der Waals surface area contributed by atoms with Crippen LogP contribution in [0.4, 0.5) is 0 Å². The molecule has 0 aliphatic rings. The summed E-state index contributed by atoms with van der Waals surface area (Å²) in [6.07, 6.45) is 2.87. The minimum Gasteiger partial charge on any atom is -0.468 e. The van der Waals surface area contributed by atoms with E-state index in [0.29, 0.717) is 0 Å². The molecule has 4 heteroatoms. The standard InChI is InChI=1S/C13H17NOS2/c1-3-12(15-8-1)11-16-10-7-14-6-5-13-4-2-9-17-13/h1-4,8-9,14H,5-7,10-11H2. The molecule has 0 aliphatic heterocycles. The van der Waals surface area contributed by atoms with Gasteiger partial charge in [0.2, 0.25) is 0 Å². The molecule has 2 aromatic rings. The van der Waals surface area contributed by atoms with Crippen molar-refractivity contribution in [2.45, 2.75) is 12.2 Å². The van der Waals surface area contributed by atoms with Crippen molar-refractivity contribution in [1.82, 2.24) is 5.32 Å². The van der Waals surface area contributed by atoms with Crippen LogP contribution in [0, 0.1) is 0 Å². The Morgan fingerprint density at radius 2 is 2.24 bits per heavy atom. The summed E-state index contributed by atoms with van der Waals surface area (Å²) in [6.45, 7) is 2.14. The van der Waals surface area contributed by atoms with E-state index in [9.17, 15) is 0 Å². The van der Waals surface area contributed by atoms with Gasteiger partial charge in [0.25, 0.3) is 0 Å². The summed E-state index contributed by atoms with van der Waals surface area (Å²) in [6, 6.07) is 8.27. The van der Waals surface area contributed by atoms with Crippen LogP contribution < -0.4 is 5.32 Å². The average molecular weight is 267 g/mol. The number of thioether (sulfide) groups is 1. The second-order valence-electron chi connectivity index (χ2n) is 3.71. The van der Waals surface area contributed by atoms with Gasteiger partial charge >= 0.3 is 0 Å². The van der Waals surface area contributed by atoms with Gasteiger partial charge in [-0.2, -0.15) is 11.8 Å². The van der Waals surface area contributed by atoms with Gasteiger partial charge in [-0.3, -0.25) is 0 Å². The molecule has 0 atom stereocenters. The van der Waals surface area contributed by atoms with Crippen LogP contribution in [0.2, 0.25) is 0 Å². The fourth-order valence-electron chi connectivity index (χ4n) is 1.50. The van der Waals surface area contributed by atoms with Crippen LogP contribution in [0.15, 0.2) is 40.3 Å². The molecule has 2 rings (SSSR count). The summed E-state index contributed by atoms with van der Waals surface area (Å²) in [5, 5.41) is 5.59. The number of furan rings is 1. The lowest BCUT2D eigenvalue weighted by Gasteiger charge is -2.03. The number of nitrogens with one attached hydrogen (secondary N) is 1. The van der Waals surface area contributed by atoms with E-state index in [2.05, 4.69) is 22.8 Å². The zero-order valence-corrected chi connectivity index (χ0v) is 11.4. The van der Waals surface area contributed by atoms with Crippen molar-refractivity contribution in [1.29, 1.82) is 0 Å². The molecule has 0 radical (unpaired) electrons. The predicted octanol–water partition coefficient (Wildman–Crippen LogP) is 3.41. The second-order valence-corrected chi connectivity index (χ2v) is 5.85. The third kappa shape index (κ3) is 4.98. The summed E-state index contributed by atoms with van der Waals surface area (Å²) in [5.41, 5.74) is 0. The lowest BCUT2D eigenvalue weighted by Crippen LogP contribution is -2.19. The number of hydrogen-bond acceptors (Lipinski definition) is 4. The Hall–Kier alpha value is -0.710. The lowest BCUT2D eigenvalue weighted by molar-refractivity contribution is 0.530. The van der Waals surface area contributed by atoms with Crippen molar-refractivity contribution in [3.8, 4) is 0 Å². The number of rotatable bonds is 8. The zero-order valence-electron chi connectivity index (χ0n) is 9.72. The van der Waals surface area contributed by atoms with Gasteiger partial charge in [0, 0.05) is 17.2 Å². The Morgan fingerprint density at radius 1 is 1.24 bits per heavy atom. The highest BCUT2D eigenvalue weighted by molar-refractivity contribution is 7.98. The van der Waals surface area contributed by atoms with E-state index in [4.69, 9.17) is 4.42 Å². The Morgan fingerprint density at radius 3 is 3.00 bits per heavy atom. The molecule has 17 heavy (non-hydrogen) atoms. The molecule has 0 unspecified atom stereocenters. The Bertz CT molecular complexity index is 345. The van der Waals surface area contributed by atoms with E-state index < -0.39 is 0 Å². The Labute approximate surface area is 110 Å². The van der Waals surface area contributed by atoms with Crippen LogP contribution in [0.3, 0.4) is 0 Å². The molecule has 0 saturated heterocycles. The molecule has 1 N–H and O–H groups in total. The van der Waals surface area contributed by atoms with Gasteiger partial charge in [-0.1, -0.05) is 6.07 Å². The highest BCUT2D eigenvalue weighted by atomic mass is 32.2. The molecule has 0 fully saturated rings. The van der Waals surface area contributed by atoms with Crippen molar-refractivity contribution in [2.75, 3.05) is 18.8 Å². The molecule has 2 heterocycles. The van der Waals surface area contributed by atoms with Crippen LogP contribution in [0.5, 0.6) is 0 Å². The quantitative estimate of drug-likeness (QED) is 0.742. The Kier molecular flexibility index (Phi) is 5.68. The molecule has 92 valence electrons. The van der Waals surface area contributed by atoms with Gasteiger partial charge in [-0.05, 0) is 36.5 Å². The monoisotopic (exact) mass is 267 g/mol. The lowest BCUT2D eigenvalue weighted by atomic mass is 10.3. The van der Waals surface area contributed by atoms with Gasteiger partial charge in [-0.15, -0.1) is 11.3 Å². The van der Waals surface area contributed by atoms with Gasteiger partial charge in [-0.25, -0.2) is 0 Å². The van der Waals surface area contributed by atoms with E-state index in [-0.39, 0.29) is 0 Å². The van der Waals surface area contributed by atoms with Crippen LogP contribution in [-0.4, -0.2) is 18.8 Å². The summed E-state index contributed by atoms with van der Waals surface area (Å²) < 4.78 is 5.27. The van der Waals surface area contributed by atoms with E-state index in [1.165, 1.54) is 4.88 Å². The first-order valence-electron chi connectivity index (χ1n) is 5.78. The normalized spacial score (nSPS) is 10.8. The number of hydrogen-bond donors (Lipinski definition) is 1. The molecule has 0 saturated carbocycles. The third-order valence-electron chi connectivity index (χ3n) is 2.38. The SMILES string of the molecule is c1coc(CSCCNCCc2cccs2)c1. The summed E-state index contributed by atoms with van der Waals surface area (Å²) in [7, 11) is 0. The van der Waals surface area contributed by atoms with Gasteiger partial charge < -0.3 is 9.73 Å². The van der Waals surface area contributed by atoms with Gasteiger partial charge in [0.1, 0.15) is 5.76 Å². The summed E-state index contributed by atoms with van der Waals surface area (Å²) in [5.74, 6) is 3.17. The second kappa shape index (κ2) is 7.58. The summed E-state index contributed by atoms with van der Waals surface area (Å²) >= 11 is 3.74. The molecule has 0 bridgehead atoms. The van der Waals surface area contributed by atoms with Crippen LogP contribution >= 0.6 is 23.1 Å². The van der Waals surface area contributed by atoms with Crippen molar-refractivity contribution in [3.63, 3.8) is 0 Å². The fraction of sp³-hybridized carbons (Fsp3) is 0.385. The third-order valence-corrected chi connectivity index (χ3v) is 4.29. The van der Waals surface area contributed by atoms with Crippen molar-refractivity contribution in [3.05, 3.63) is 46.5 Å². The van der Waals surface area contributed by atoms with E-state index in [0.717, 1.165) is 36.8 Å². The molecule has 0 amide bonds. The van der Waals surface area contributed by atoms with E-state index in [1.807, 2.05) is 35.2 Å². The van der Waals surface area contributed by atoms with E-state index >= 15 is 0 Å². The highest BCUT2D eigenvalue weighted by Gasteiger charge is 1.96. The molecule has 2 aromatic heterocycles. The average Bonchev–Trinajstić information content (AvgIpc) is 3.00. The molecular formula is C13H17NOS2. The largest absolute Gasteiger partial charge is 0.468 e. The highest BCUT2D eigenvalue weighted by Crippen LogP contribution is 2.11. The maximum absolute atomic E-state index is 5.27. The minimum absolute atomic E-state index is 0.972. The molecule has 0 aromatic carbocycles. The van der Waals surface area contributed by atoms with Gasteiger partial charge in [0.15, 0.2) is 0 Å². The van der Waals surface area contributed by atoms with Crippen LogP contribution in [-0.2, 0) is 12.2 Å². The molecule has 0 spiro atoms. The van der Waals surface area contributed by atoms with Crippen molar-refractivity contribution >= 4 is 23.1 Å². The number of thiophene rings is 1. The van der Waals surface area contributed by atoms with Crippen LogP contribution in [0.1, 0.15) is 10.6 Å². The minimum atomic E-state index is 0.972.